The summed E-state index contributed by atoms with van der Waals surface area (Å²) >= 11 is 0. The number of nitrogens with one attached hydrogen (secondary N) is 1. The van der Waals surface area contributed by atoms with Crippen molar-refractivity contribution < 1.29 is 19.4 Å². The van der Waals surface area contributed by atoms with E-state index in [0.29, 0.717) is 52.5 Å². The molecule has 2 aliphatic heterocycles. The molecule has 2 heterocycles. The Balaban J connectivity index is 0.00000200. The second-order valence-corrected chi connectivity index (χ2v) is 4.97. The molecule has 0 radical (unpaired) electrons. The number of carboxylic acids is 1. The first-order valence-electron chi connectivity index (χ1n) is 6.68. The molecule has 2 aliphatic rings. The quantitative estimate of drug-likeness (QED) is 0.704. The summed E-state index contributed by atoms with van der Waals surface area (Å²) in [6.07, 6.45) is 0. The first-order valence-corrected chi connectivity index (χ1v) is 6.68. The summed E-state index contributed by atoms with van der Waals surface area (Å²) in [7, 11) is 0. The molecule has 1 amide bonds. The predicted octanol–water partition coefficient (Wildman–Crippen LogP) is -0.705. The van der Waals surface area contributed by atoms with Gasteiger partial charge in [0.15, 0.2) is 0 Å². The van der Waals surface area contributed by atoms with Crippen LogP contribution in [0.3, 0.4) is 0 Å². The van der Waals surface area contributed by atoms with Crippen molar-refractivity contribution in [1.82, 2.24) is 15.1 Å². The van der Waals surface area contributed by atoms with Crippen LogP contribution in [-0.4, -0.2) is 85.8 Å². The highest BCUT2D eigenvalue weighted by molar-refractivity contribution is 5.85. The van der Waals surface area contributed by atoms with Gasteiger partial charge in [0, 0.05) is 39.3 Å². The largest absolute Gasteiger partial charge is 0.481 e. The van der Waals surface area contributed by atoms with Gasteiger partial charge in [-0.3, -0.25) is 14.5 Å². The highest BCUT2D eigenvalue weighted by Crippen LogP contribution is 2.06. The van der Waals surface area contributed by atoms with Crippen molar-refractivity contribution >= 4 is 36.7 Å². The summed E-state index contributed by atoms with van der Waals surface area (Å²) in [5.74, 6) is -1.19. The number of nitrogens with zero attached hydrogens (tertiary/aromatic N) is 2. The fourth-order valence-corrected chi connectivity index (χ4v) is 2.39. The molecule has 2 rings (SSSR count). The van der Waals surface area contributed by atoms with Crippen LogP contribution in [0.2, 0.25) is 0 Å². The van der Waals surface area contributed by atoms with Crippen LogP contribution in [-0.2, 0) is 14.3 Å². The van der Waals surface area contributed by atoms with E-state index < -0.39 is 11.9 Å². The molecule has 2 saturated heterocycles. The average Bonchev–Trinajstić information content (AvgIpc) is 2.65. The maximum atomic E-state index is 12.1. The van der Waals surface area contributed by atoms with Gasteiger partial charge in [0.1, 0.15) is 0 Å². The Labute approximate surface area is 136 Å². The van der Waals surface area contributed by atoms with Crippen LogP contribution in [0.25, 0.3) is 0 Å². The fraction of sp³-hybridized carbons (Fsp3) is 0.833. The molecule has 0 aliphatic carbocycles. The third-order valence-electron chi connectivity index (χ3n) is 3.55. The number of carboxylic acid groups (broad SMARTS) is 1. The van der Waals surface area contributed by atoms with Crippen LogP contribution in [0.5, 0.6) is 0 Å². The number of aliphatic carboxylic acids is 1. The van der Waals surface area contributed by atoms with Crippen LogP contribution in [0.4, 0.5) is 0 Å². The Kier molecular flexibility index (Phi) is 9.89. The average molecular weight is 344 g/mol. The minimum Gasteiger partial charge on any atom is -0.481 e. The number of carbonyl (C=O) groups excluding carboxylic acids is 1. The highest BCUT2D eigenvalue weighted by Gasteiger charge is 2.26. The summed E-state index contributed by atoms with van der Waals surface area (Å²) in [4.78, 5) is 26.9. The number of carbonyl (C=O) groups is 2. The third-order valence-corrected chi connectivity index (χ3v) is 3.55. The zero-order valence-electron chi connectivity index (χ0n) is 11.8. The molecule has 21 heavy (non-hydrogen) atoms. The number of morpholine rings is 1. The Bertz CT molecular complexity index is 340. The Morgan fingerprint density at radius 3 is 2.48 bits per heavy atom. The first-order chi connectivity index (χ1) is 9.16. The van der Waals surface area contributed by atoms with E-state index in [4.69, 9.17) is 9.84 Å². The third kappa shape index (κ3) is 6.36. The van der Waals surface area contributed by atoms with Crippen LogP contribution in [0.15, 0.2) is 0 Å². The van der Waals surface area contributed by atoms with E-state index in [1.807, 2.05) is 4.90 Å². The van der Waals surface area contributed by atoms with Crippen molar-refractivity contribution in [3.63, 3.8) is 0 Å². The molecule has 0 spiro atoms. The van der Waals surface area contributed by atoms with Crippen molar-refractivity contribution in [2.24, 2.45) is 5.92 Å². The lowest BCUT2D eigenvalue weighted by molar-refractivity contribution is -0.143. The van der Waals surface area contributed by atoms with Gasteiger partial charge in [-0.15, -0.1) is 24.8 Å². The van der Waals surface area contributed by atoms with Gasteiger partial charge in [-0.2, -0.15) is 0 Å². The molecule has 0 saturated carbocycles. The molecule has 0 aromatic heterocycles. The maximum Gasteiger partial charge on any atom is 0.309 e. The van der Waals surface area contributed by atoms with E-state index in [2.05, 4.69) is 5.32 Å². The van der Waals surface area contributed by atoms with Crippen molar-refractivity contribution in [1.29, 1.82) is 0 Å². The Morgan fingerprint density at radius 1 is 1.19 bits per heavy atom. The molecule has 0 aromatic rings. The van der Waals surface area contributed by atoms with E-state index in [-0.39, 0.29) is 30.7 Å². The summed E-state index contributed by atoms with van der Waals surface area (Å²) in [6.45, 7) is 5.07. The van der Waals surface area contributed by atoms with E-state index in [9.17, 15) is 9.59 Å². The molecule has 1 unspecified atom stereocenters. The van der Waals surface area contributed by atoms with Crippen LogP contribution in [0.1, 0.15) is 0 Å². The SMILES string of the molecule is Cl.Cl.O=C(O)C1CNCCN(CC(=O)N2CCOCC2)C1. The number of hydrogen-bond acceptors (Lipinski definition) is 5. The lowest BCUT2D eigenvalue weighted by atomic mass is 10.1. The van der Waals surface area contributed by atoms with Gasteiger partial charge >= 0.3 is 5.97 Å². The number of hydrogen-bond donors (Lipinski definition) is 2. The minimum absolute atomic E-state index is 0. The molecule has 1 atom stereocenters. The molecule has 9 heteroatoms. The van der Waals surface area contributed by atoms with E-state index >= 15 is 0 Å². The lowest BCUT2D eigenvalue weighted by Gasteiger charge is -2.29. The van der Waals surface area contributed by atoms with Crippen LogP contribution in [0, 0.1) is 5.92 Å². The van der Waals surface area contributed by atoms with Gasteiger partial charge in [0.25, 0.3) is 0 Å². The number of halogens is 2. The second kappa shape index (κ2) is 10.2. The van der Waals surface area contributed by atoms with Crippen molar-refractivity contribution in [3.05, 3.63) is 0 Å². The van der Waals surface area contributed by atoms with E-state index in [1.54, 1.807) is 4.90 Å². The predicted molar refractivity (Wildman–Crippen MR) is 82.3 cm³/mol. The zero-order chi connectivity index (χ0) is 13.7. The first kappa shape index (κ1) is 20.4. The molecule has 7 nitrogen and oxygen atoms in total. The van der Waals surface area contributed by atoms with Crippen molar-refractivity contribution in [3.8, 4) is 0 Å². The van der Waals surface area contributed by atoms with Gasteiger partial charge in [0.2, 0.25) is 5.91 Å². The molecule has 0 bridgehead atoms. The van der Waals surface area contributed by atoms with Gasteiger partial charge in [-0.05, 0) is 0 Å². The number of rotatable bonds is 3. The Morgan fingerprint density at radius 2 is 1.86 bits per heavy atom. The maximum absolute atomic E-state index is 12.1. The summed E-state index contributed by atoms with van der Waals surface area (Å²) in [5, 5.41) is 12.2. The number of amides is 1. The lowest BCUT2D eigenvalue weighted by Crippen LogP contribution is -2.47. The summed E-state index contributed by atoms with van der Waals surface area (Å²) < 4.78 is 5.21. The minimum atomic E-state index is -0.807. The van der Waals surface area contributed by atoms with Crippen LogP contribution >= 0.6 is 24.8 Å². The normalized spacial score (nSPS) is 23.4. The topological polar surface area (TPSA) is 82.1 Å². The second-order valence-electron chi connectivity index (χ2n) is 4.97. The van der Waals surface area contributed by atoms with Gasteiger partial charge in [0.05, 0.1) is 25.7 Å². The summed E-state index contributed by atoms with van der Waals surface area (Å²) in [6, 6.07) is 0. The van der Waals surface area contributed by atoms with Crippen molar-refractivity contribution in [2.45, 2.75) is 0 Å². The standard InChI is InChI=1S/C12H21N3O4.2ClH/c16-11(15-3-5-19-6-4-15)9-14-2-1-13-7-10(8-14)12(17)18;;/h10,13H,1-9H2,(H,17,18);2*1H. The smallest absolute Gasteiger partial charge is 0.309 e. The fourth-order valence-electron chi connectivity index (χ4n) is 2.39. The number of ether oxygens (including phenoxy) is 1. The molecular formula is C12H23Cl2N3O4. The monoisotopic (exact) mass is 343 g/mol. The molecule has 2 N–H and O–H groups in total. The highest BCUT2D eigenvalue weighted by atomic mass is 35.5. The summed E-state index contributed by atoms with van der Waals surface area (Å²) in [5.41, 5.74) is 0. The molecule has 0 aromatic carbocycles. The van der Waals surface area contributed by atoms with E-state index in [0.717, 1.165) is 6.54 Å². The molecule has 2 fully saturated rings. The van der Waals surface area contributed by atoms with E-state index in [1.165, 1.54) is 0 Å². The Hall–Kier alpha value is -0.600. The molecular weight excluding hydrogens is 321 g/mol. The zero-order valence-corrected chi connectivity index (χ0v) is 13.5. The van der Waals surface area contributed by atoms with Crippen molar-refractivity contribution in [2.75, 3.05) is 59.0 Å². The van der Waals surface area contributed by atoms with Gasteiger partial charge in [-0.25, -0.2) is 0 Å². The van der Waals surface area contributed by atoms with Crippen LogP contribution < -0.4 is 5.32 Å². The van der Waals surface area contributed by atoms with Gasteiger partial charge in [-0.1, -0.05) is 0 Å². The molecule has 124 valence electrons. The van der Waals surface area contributed by atoms with Gasteiger partial charge < -0.3 is 20.1 Å².